The van der Waals surface area contributed by atoms with Gasteiger partial charge in [-0.2, -0.15) is 0 Å². The minimum Gasteiger partial charge on any atom is -0.321 e. The molecule has 0 aliphatic carbocycles. The predicted molar refractivity (Wildman–Crippen MR) is 158 cm³/mol. The van der Waals surface area contributed by atoms with Gasteiger partial charge in [0.2, 0.25) is 5.62 Å². The number of nitrogens with zero attached hydrogens (tertiary/aromatic N) is 2. The molecule has 39 heavy (non-hydrogen) atoms. The average molecular weight is 529 g/mol. The minimum absolute atomic E-state index is 0.152. The number of hydrogen-bond donors (Lipinski definition) is 2. The molecule has 1 heterocycles. The van der Waals surface area contributed by atoms with Crippen LogP contribution < -0.4 is 10.9 Å². The Morgan fingerprint density at radius 2 is 1.36 bits per heavy atom. The number of amides is 1. The van der Waals surface area contributed by atoms with Gasteiger partial charge in [-0.05, 0) is 59.7 Å². The highest BCUT2D eigenvalue weighted by atomic mass is 35.5. The number of para-hydroxylation sites is 3. The van der Waals surface area contributed by atoms with Crippen LogP contribution >= 0.6 is 11.6 Å². The third-order valence-electron chi connectivity index (χ3n) is 6.81. The molecule has 5 nitrogen and oxygen atoms in total. The van der Waals surface area contributed by atoms with Gasteiger partial charge < -0.3 is 9.88 Å². The standard InChI is InChI=1S/C33H25ClN4O/c34-28-14-6-4-12-25(28)22-37-30-16-8-9-17-31(30)38(33(37)35)26-20-18-23(19-21-26)27-13-5-7-15-29(27)36-32(39)24-10-2-1-3-11-24/h1-21,35H,22H2,(H,36,39). The van der Waals surface area contributed by atoms with E-state index in [2.05, 4.69) is 5.32 Å². The maximum atomic E-state index is 12.8. The van der Waals surface area contributed by atoms with Crippen LogP contribution in [0.2, 0.25) is 5.02 Å². The van der Waals surface area contributed by atoms with E-state index < -0.39 is 0 Å². The summed E-state index contributed by atoms with van der Waals surface area (Å²) in [5.74, 6) is -0.152. The monoisotopic (exact) mass is 528 g/mol. The van der Waals surface area contributed by atoms with Gasteiger partial charge in [-0.15, -0.1) is 0 Å². The molecule has 0 radical (unpaired) electrons. The lowest BCUT2D eigenvalue weighted by Gasteiger charge is -2.12. The van der Waals surface area contributed by atoms with Crippen molar-refractivity contribution in [3.8, 4) is 16.8 Å². The summed E-state index contributed by atoms with van der Waals surface area (Å²) >= 11 is 6.45. The lowest BCUT2D eigenvalue weighted by molar-refractivity contribution is 0.102. The largest absolute Gasteiger partial charge is 0.321 e. The van der Waals surface area contributed by atoms with Crippen LogP contribution in [-0.4, -0.2) is 15.0 Å². The number of hydrogen-bond acceptors (Lipinski definition) is 2. The Hall–Kier alpha value is -4.87. The predicted octanol–water partition coefficient (Wildman–Crippen LogP) is 7.53. The van der Waals surface area contributed by atoms with Crippen LogP contribution in [0.1, 0.15) is 15.9 Å². The first-order chi connectivity index (χ1) is 19.1. The van der Waals surface area contributed by atoms with Crippen LogP contribution in [0.25, 0.3) is 27.8 Å². The van der Waals surface area contributed by atoms with Crippen molar-refractivity contribution in [2.24, 2.45) is 0 Å². The number of rotatable bonds is 6. The molecule has 2 N–H and O–H groups in total. The molecule has 0 atom stereocenters. The van der Waals surface area contributed by atoms with Crippen molar-refractivity contribution in [1.82, 2.24) is 9.13 Å². The normalized spacial score (nSPS) is 11.0. The van der Waals surface area contributed by atoms with Crippen molar-refractivity contribution in [3.63, 3.8) is 0 Å². The first-order valence-corrected chi connectivity index (χ1v) is 13.0. The highest BCUT2D eigenvalue weighted by Crippen LogP contribution is 2.30. The molecular formula is C33H25ClN4O. The lowest BCUT2D eigenvalue weighted by Crippen LogP contribution is -2.24. The molecule has 0 saturated heterocycles. The number of halogens is 1. The van der Waals surface area contributed by atoms with Gasteiger partial charge in [0.15, 0.2) is 0 Å². The van der Waals surface area contributed by atoms with Gasteiger partial charge in [0.25, 0.3) is 5.91 Å². The van der Waals surface area contributed by atoms with Gasteiger partial charge in [0, 0.05) is 27.5 Å². The van der Waals surface area contributed by atoms with Crippen molar-refractivity contribution in [2.45, 2.75) is 6.54 Å². The summed E-state index contributed by atoms with van der Waals surface area (Å²) in [7, 11) is 0. The number of nitrogens with one attached hydrogen (secondary N) is 2. The van der Waals surface area contributed by atoms with Crippen molar-refractivity contribution in [3.05, 3.63) is 149 Å². The van der Waals surface area contributed by atoms with E-state index in [9.17, 15) is 4.79 Å². The van der Waals surface area contributed by atoms with E-state index in [0.717, 1.165) is 39.1 Å². The van der Waals surface area contributed by atoms with E-state index in [1.54, 1.807) is 12.1 Å². The Labute approximate surface area is 231 Å². The van der Waals surface area contributed by atoms with Crippen LogP contribution in [0.4, 0.5) is 5.69 Å². The molecule has 0 aliphatic rings. The first-order valence-electron chi connectivity index (χ1n) is 12.6. The van der Waals surface area contributed by atoms with Crippen molar-refractivity contribution < 1.29 is 4.79 Å². The third kappa shape index (κ3) is 4.76. The smallest absolute Gasteiger partial charge is 0.255 e. The zero-order valence-corrected chi connectivity index (χ0v) is 21.8. The summed E-state index contributed by atoms with van der Waals surface area (Å²) in [5.41, 5.74) is 7.34. The second kappa shape index (κ2) is 10.5. The molecule has 0 unspecified atom stereocenters. The fraction of sp³-hybridized carbons (Fsp3) is 0.0303. The van der Waals surface area contributed by atoms with E-state index in [1.807, 2.05) is 124 Å². The van der Waals surface area contributed by atoms with E-state index in [0.29, 0.717) is 22.7 Å². The van der Waals surface area contributed by atoms with Crippen LogP contribution in [0.3, 0.4) is 0 Å². The number of fused-ring (bicyclic) bond motifs is 1. The van der Waals surface area contributed by atoms with Crippen LogP contribution in [0, 0.1) is 5.41 Å². The Bertz CT molecular complexity index is 1850. The van der Waals surface area contributed by atoms with Gasteiger partial charge in [-0.25, -0.2) is 0 Å². The number of carbonyl (C=O) groups is 1. The number of carbonyl (C=O) groups excluding carboxylic acids is 1. The van der Waals surface area contributed by atoms with Crippen LogP contribution in [-0.2, 0) is 6.54 Å². The molecule has 1 amide bonds. The second-order valence-corrected chi connectivity index (χ2v) is 9.65. The molecule has 0 saturated carbocycles. The summed E-state index contributed by atoms with van der Waals surface area (Å²) in [6.07, 6.45) is 0. The molecule has 6 rings (SSSR count). The number of benzene rings is 5. The first kappa shape index (κ1) is 24.5. The number of aromatic nitrogens is 2. The van der Waals surface area contributed by atoms with Gasteiger partial charge in [-0.3, -0.25) is 14.8 Å². The van der Waals surface area contributed by atoms with E-state index in [4.69, 9.17) is 17.0 Å². The zero-order chi connectivity index (χ0) is 26.8. The van der Waals surface area contributed by atoms with Gasteiger partial charge in [0.05, 0.1) is 17.6 Å². The molecule has 0 spiro atoms. The summed E-state index contributed by atoms with van der Waals surface area (Å²) < 4.78 is 3.91. The summed E-state index contributed by atoms with van der Waals surface area (Å²) in [6, 6.07) is 40.8. The zero-order valence-electron chi connectivity index (χ0n) is 21.0. The Kier molecular flexibility index (Phi) is 6.57. The second-order valence-electron chi connectivity index (χ2n) is 9.24. The maximum Gasteiger partial charge on any atom is 0.255 e. The quantitative estimate of drug-likeness (QED) is 0.230. The van der Waals surface area contributed by atoms with Crippen molar-refractivity contribution in [1.29, 1.82) is 5.41 Å². The molecule has 6 heteroatoms. The SMILES string of the molecule is N=c1n(Cc2ccccc2Cl)c2ccccc2n1-c1ccc(-c2ccccc2NC(=O)c2ccccc2)cc1. The molecular weight excluding hydrogens is 504 g/mol. The highest BCUT2D eigenvalue weighted by Gasteiger charge is 2.15. The molecule has 5 aromatic carbocycles. The molecule has 6 aromatic rings. The Morgan fingerprint density at radius 3 is 2.13 bits per heavy atom. The number of imidazole rings is 1. The Balaban J connectivity index is 1.36. The van der Waals surface area contributed by atoms with E-state index in [1.165, 1.54) is 0 Å². The van der Waals surface area contributed by atoms with Crippen molar-refractivity contribution >= 4 is 34.2 Å². The van der Waals surface area contributed by atoms with E-state index in [-0.39, 0.29) is 5.91 Å². The maximum absolute atomic E-state index is 12.8. The van der Waals surface area contributed by atoms with Crippen LogP contribution in [0.15, 0.2) is 127 Å². The summed E-state index contributed by atoms with van der Waals surface area (Å²) in [5, 5.41) is 12.8. The highest BCUT2D eigenvalue weighted by molar-refractivity contribution is 6.31. The molecule has 1 aromatic heterocycles. The fourth-order valence-electron chi connectivity index (χ4n) is 4.87. The molecule has 0 fully saturated rings. The minimum atomic E-state index is -0.152. The summed E-state index contributed by atoms with van der Waals surface area (Å²) in [6.45, 7) is 0.499. The van der Waals surface area contributed by atoms with Gasteiger partial charge in [0.1, 0.15) is 0 Å². The number of anilines is 1. The summed E-state index contributed by atoms with van der Waals surface area (Å²) in [4.78, 5) is 12.8. The third-order valence-corrected chi connectivity index (χ3v) is 7.18. The average Bonchev–Trinajstić information content (AvgIpc) is 3.26. The van der Waals surface area contributed by atoms with Crippen molar-refractivity contribution in [2.75, 3.05) is 5.32 Å². The topological polar surface area (TPSA) is 62.8 Å². The molecule has 0 aliphatic heterocycles. The molecule has 190 valence electrons. The van der Waals surface area contributed by atoms with E-state index >= 15 is 0 Å². The van der Waals surface area contributed by atoms with Gasteiger partial charge in [-0.1, -0.05) is 90.5 Å². The lowest BCUT2D eigenvalue weighted by atomic mass is 10.0. The molecule has 0 bridgehead atoms. The van der Waals surface area contributed by atoms with Crippen LogP contribution in [0.5, 0.6) is 0 Å². The fourth-order valence-corrected chi connectivity index (χ4v) is 5.06. The Morgan fingerprint density at radius 1 is 0.718 bits per heavy atom. The van der Waals surface area contributed by atoms with Gasteiger partial charge >= 0.3 is 0 Å².